The number of rotatable bonds is 3. The molecule has 1 atom stereocenters. The Bertz CT molecular complexity index is 611. The summed E-state index contributed by atoms with van der Waals surface area (Å²) in [7, 11) is 0. The van der Waals surface area contributed by atoms with E-state index in [0.29, 0.717) is 10.2 Å². The first-order valence-electron chi connectivity index (χ1n) is 5.06. The van der Waals surface area contributed by atoms with Crippen molar-refractivity contribution in [3.63, 3.8) is 0 Å². The molecule has 0 saturated carbocycles. The molecule has 0 aliphatic carbocycles. The molecule has 0 amide bonds. The molecule has 0 aliphatic heterocycles. The molecule has 18 heavy (non-hydrogen) atoms. The second kappa shape index (κ2) is 5.51. The molecule has 90 valence electrons. The maximum absolute atomic E-state index is 12.1. The Hall–Kier alpha value is -1.38. The van der Waals surface area contributed by atoms with Crippen LogP contribution in [-0.4, -0.2) is 5.78 Å². The van der Waals surface area contributed by atoms with E-state index in [1.165, 1.54) is 0 Å². The molecule has 1 heterocycles. The summed E-state index contributed by atoms with van der Waals surface area (Å²) in [5.74, 6) is -1.02. The number of Topliss-reactive ketones (excluding diaryl/α,β-unsaturated/α-hetero) is 1. The largest absolute Gasteiger partial charge is 0.446 e. The highest BCUT2D eigenvalue weighted by molar-refractivity contribution is 9.10. The molecule has 0 saturated heterocycles. The van der Waals surface area contributed by atoms with Gasteiger partial charge in [-0.05, 0) is 45.8 Å². The molecule has 2 rings (SSSR count). The lowest BCUT2D eigenvalue weighted by Crippen LogP contribution is -2.10. The lowest BCUT2D eigenvalue weighted by Gasteiger charge is -2.06. The van der Waals surface area contributed by atoms with E-state index in [1.54, 1.807) is 36.4 Å². The Morgan fingerprint density at radius 1 is 1.17 bits per heavy atom. The molecule has 1 unspecified atom stereocenters. The number of nitrogens with zero attached hydrogens (tertiary/aromatic N) is 1. The zero-order valence-corrected chi connectivity index (χ0v) is 12.2. The Kier molecular flexibility index (Phi) is 4.00. The lowest BCUT2D eigenvalue weighted by molar-refractivity contribution is 0.0950. The van der Waals surface area contributed by atoms with Gasteiger partial charge in [0.25, 0.3) is 0 Å². The second-order valence-corrected chi connectivity index (χ2v) is 5.28. The van der Waals surface area contributed by atoms with Gasteiger partial charge >= 0.3 is 0 Å². The highest BCUT2D eigenvalue weighted by atomic mass is 79.9. The predicted octanol–water partition coefficient (Wildman–Crippen LogP) is 4.29. The van der Waals surface area contributed by atoms with Crippen molar-refractivity contribution in [2.75, 3.05) is 0 Å². The average molecular weight is 369 g/mol. The van der Waals surface area contributed by atoms with Gasteiger partial charge in [-0.2, -0.15) is 5.26 Å². The standard InChI is InChI=1S/C13H7Br2NO2/c14-9-3-1-8(2-4-9)10(7-16)13(17)11-5-6-12(15)18-11/h1-6,10H. The number of furan rings is 1. The molecule has 2 aromatic rings. The zero-order chi connectivity index (χ0) is 13.1. The van der Waals surface area contributed by atoms with Crippen molar-refractivity contribution < 1.29 is 9.21 Å². The molecule has 0 fully saturated rings. The maximum Gasteiger partial charge on any atom is 0.219 e. The fourth-order valence-electron chi connectivity index (χ4n) is 1.53. The van der Waals surface area contributed by atoms with Crippen molar-refractivity contribution in [2.45, 2.75) is 5.92 Å². The molecule has 0 spiro atoms. The zero-order valence-electron chi connectivity index (χ0n) is 9.06. The van der Waals surface area contributed by atoms with Crippen molar-refractivity contribution in [1.82, 2.24) is 0 Å². The van der Waals surface area contributed by atoms with Crippen LogP contribution in [0.25, 0.3) is 0 Å². The summed E-state index contributed by atoms with van der Waals surface area (Å²) in [5, 5.41) is 9.15. The van der Waals surface area contributed by atoms with E-state index in [0.717, 1.165) is 4.47 Å². The molecule has 3 nitrogen and oxygen atoms in total. The van der Waals surface area contributed by atoms with Gasteiger partial charge in [-0.3, -0.25) is 4.79 Å². The Labute approximate surface area is 121 Å². The minimum absolute atomic E-state index is 0.177. The van der Waals surface area contributed by atoms with Gasteiger partial charge in [-0.25, -0.2) is 0 Å². The summed E-state index contributed by atoms with van der Waals surface area (Å²) in [4.78, 5) is 12.1. The van der Waals surface area contributed by atoms with Crippen LogP contribution in [0.2, 0.25) is 0 Å². The van der Waals surface area contributed by atoms with Crippen LogP contribution in [0.3, 0.4) is 0 Å². The van der Waals surface area contributed by atoms with Gasteiger partial charge in [-0.15, -0.1) is 0 Å². The fourth-order valence-corrected chi connectivity index (χ4v) is 2.10. The van der Waals surface area contributed by atoms with Gasteiger partial charge in [-0.1, -0.05) is 28.1 Å². The Morgan fingerprint density at radius 3 is 2.33 bits per heavy atom. The first-order valence-corrected chi connectivity index (χ1v) is 6.65. The third-order valence-electron chi connectivity index (χ3n) is 2.41. The van der Waals surface area contributed by atoms with E-state index in [2.05, 4.69) is 31.9 Å². The number of hydrogen-bond donors (Lipinski definition) is 0. The first kappa shape index (κ1) is 13.1. The van der Waals surface area contributed by atoms with Crippen LogP contribution >= 0.6 is 31.9 Å². The third kappa shape index (κ3) is 2.71. The first-order chi connectivity index (χ1) is 8.61. The average Bonchev–Trinajstić information content (AvgIpc) is 2.79. The summed E-state index contributed by atoms with van der Waals surface area (Å²) in [6.45, 7) is 0. The normalized spacial score (nSPS) is 11.8. The monoisotopic (exact) mass is 367 g/mol. The van der Waals surface area contributed by atoms with Crippen LogP contribution in [0.15, 0.2) is 50.0 Å². The Morgan fingerprint density at radius 2 is 1.83 bits per heavy atom. The number of benzene rings is 1. The van der Waals surface area contributed by atoms with E-state index >= 15 is 0 Å². The van der Waals surface area contributed by atoms with Crippen LogP contribution in [0, 0.1) is 11.3 Å². The molecule has 1 aromatic heterocycles. The number of halogens is 2. The summed E-state index contributed by atoms with van der Waals surface area (Å²) in [6, 6.07) is 12.3. The summed E-state index contributed by atoms with van der Waals surface area (Å²) in [6.07, 6.45) is 0. The van der Waals surface area contributed by atoms with Crippen LogP contribution in [0.4, 0.5) is 0 Å². The summed E-state index contributed by atoms with van der Waals surface area (Å²) < 4.78 is 6.55. The minimum Gasteiger partial charge on any atom is -0.446 e. The van der Waals surface area contributed by atoms with E-state index in [4.69, 9.17) is 9.68 Å². The van der Waals surface area contributed by atoms with Crippen molar-refractivity contribution in [2.24, 2.45) is 0 Å². The quantitative estimate of drug-likeness (QED) is 0.759. The summed E-state index contributed by atoms with van der Waals surface area (Å²) in [5.41, 5.74) is 0.651. The van der Waals surface area contributed by atoms with Gasteiger partial charge in [0.05, 0.1) is 6.07 Å². The fraction of sp³-hybridized carbons (Fsp3) is 0.0769. The third-order valence-corrected chi connectivity index (χ3v) is 3.37. The number of carbonyl (C=O) groups is 1. The number of carbonyl (C=O) groups excluding carboxylic acids is 1. The van der Waals surface area contributed by atoms with E-state index in [9.17, 15) is 4.79 Å². The highest BCUT2D eigenvalue weighted by Crippen LogP contribution is 2.24. The Balaban J connectivity index is 2.32. The molecule has 0 aliphatic rings. The SMILES string of the molecule is N#CC(C(=O)c1ccc(Br)o1)c1ccc(Br)cc1. The van der Waals surface area contributed by atoms with Gasteiger partial charge in [0.2, 0.25) is 5.78 Å². The maximum atomic E-state index is 12.1. The van der Waals surface area contributed by atoms with Crippen LogP contribution < -0.4 is 0 Å². The van der Waals surface area contributed by atoms with Gasteiger partial charge < -0.3 is 4.42 Å². The number of ketones is 1. The molecule has 0 bridgehead atoms. The van der Waals surface area contributed by atoms with Crippen LogP contribution in [0.5, 0.6) is 0 Å². The number of hydrogen-bond acceptors (Lipinski definition) is 3. The van der Waals surface area contributed by atoms with Crippen molar-refractivity contribution in [3.05, 3.63) is 56.9 Å². The van der Waals surface area contributed by atoms with Gasteiger partial charge in [0, 0.05) is 4.47 Å². The van der Waals surface area contributed by atoms with E-state index in [1.807, 2.05) is 6.07 Å². The predicted molar refractivity (Wildman–Crippen MR) is 73.2 cm³/mol. The molecule has 1 aromatic carbocycles. The summed E-state index contributed by atoms with van der Waals surface area (Å²) >= 11 is 6.44. The molecule has 0 radical (unpaired) electrons. The van der Waals surface area contributed by atoms with Gasteiger partial charge in [0.15, 0.2) is 10.4 Å². The molecular formula is C13H7Br2NO2. The smallest absolute Gasteiger partial charge is 0.219 e. The van der Waals surface area contributed by atoms with Gasteiger partial charge in [0.1, 0.15) is 5.92 Å². The van der Waals surface area contributed by atoms with Crippen LogP contribution in [-0.2, 0) is 0 Å². The molecule has 0 N–H and O–H groups in total. The van der Waals surface area contributed by atoms with E-state index < -0.39 is 5.92 Å². The van der Waals surface area contributed by atoms with Crippen molar-refractivity contribution >= 4 is 37.6 Å². The van der Waals surface area contributed by atoms with Crippen LogP contribution in [0.1, 0.15) is 22.0 Å². The van der Waals surface area contributed by atoms with Crippen molar-refractivity contribution in [1.29, 1.82) is 5.26 Å². The topological polar surface area (TPSA) is 54.0 Å². The number of nitriles is 1. The molecule has 5 heteroatoms. The highest BCUT2D eigenvalue weighted by Gasteiger charge is 2.24. The second-order valence-electron chi connectivity index (χ2n) is 3.58. The lowest BCUT2D eigenvalue weighted by atomic mass is 9.95. The van der Waals surface area contributed by atoms with E-state index in [-0.39, 0.29) is 11.5 Å². The van der Waals surface area contributed by atoms with Crippen molar-refractivity contribution in [3.8, 4) is 6.07 Å². The molecular weight excluding hydrogens is 362 g/mol. The minimum atomic E-state index is -0.851.